The summed E-state index contributed by atoms with van der Waals surface area (Å²) in [7, 11) is 0. The lowest BCUT2D eigenvalue weighted by Gasteiger charge is -2.40. The molecular formula is C18H34O4. The second-order valence-electron chi connectivity index (χ2n) is 8.91. The van der Waals surface area contributed by atoms with Crippen LogP contribution in [0.15, 0.2) is 0 Å². The van der Waals surface area contributed by atoms with Gasteiger partial charge in [-0.25, -0.2) is 0 Å². The van der Waals surface area contributed by atoms with Crippen molar-refractivity contribution in [2.24, 2.45) is 22.2 Å². The maximum absolute atomic E-state index is 12.8. The second-order valence-corrected chi connectivity index (χ2v) is 8.91. The summed E-state index contributed by atoms with van der Waals surface area (Å²) in [6, 6.07) is 0. The van der Waals surface area contributed by atoms with Gasteiger partial charge < -0.3 is 9.84 Å². The quantitative estimate of drug-likeness (QED) is 0.702. The Bertz CT molecular complexity index is 387. The number of carbonyl (C=O) groups is 2. The molecule has 0 aliphatic heterocycles. The molecule has 0 rings (SSSR count). The number of rotatable bonds is 7. The van der Waals surface area contributed by atoms with E-state index in [0.717, 1.165) is 6.42 Å². The molecule has 0 fully saturated rings. The summed E-state index contributed by atoms with van der Waals surface area (Å²) in [5, 5.41) is 9.36. The predicted molar refractivity (Wildman–Crippen MR) is 88.6 cm³/mol. The van der Waals surface area contributed by atoms with Crippen LogP contribution < -0.4 is 0 Å². The van der Waals surface area contributed by atoms with E-state index in [0.29, 0.717) is 13.0 Å². The van der Waals surface area contributed by atoms with E-state index < -0.39 is 11.4 Å². The maximum atomic E-state index is 12.8. The van der Waals surface area contributed by atoms with Crippen LogP contribution in [0.3, 0.4) is 0 Å². The van der Waals surface area contributed by atoms with Crippen LogP contribution in [-0.2, 0) is 14.3 Å². The third-order valence-corrected chi connectivity index (χ3v) is 3.91. The van der Waals surface area contributed by atoms with Gasteiger partial charge in [-0.3, -0.25) is 9.59 Å². The van der Waals surface area contributed by atoms with Crippen LogP contribution in [0.4, 0.5) is 0 Å². The number of aliphatic carboxylic acids is 1. The number of carbonyl (C=O) groups excluding carboxylic acids is 1. The lowest BCUT2D eigenvalue weighted by molar-refractivity contribution is -0.170. The van der Waals surface area contributed by atoms with Crippen molar-refractivity contribution in [3.8, 4) is 0 Å². The minimum atomic E-state index is -0.968. The Morgan fingerprint density at radius 3 is 1.86 bits per heavy atom. The van der Waals surface area contributed by atoms with Crippen molar-refractivity contribution in [1.82, 2.24) is 0 Å². The number of hydrogen-bond acceptors (Lipinski definition) is 3. The maximum Gasteiger partial charge on any atom is 0.312 e. The number of esters is 1. The molecule has 0 aliphatic carbocycles. The number of carboxylic acids is 1. The molecule has 4 nitrogen and oxygen atoms in total. The van der Waals surface area contributed by atoms with Gasteiger partial charge in [0.1, 0.15) is 0 Å². The van der Waals surface area contributed by atoms with Crippen LogP contribution in [0.1, 0.15) is 74.7 Å². The Morgan fingerprint density at radius 1 is 1.05 bits per heavy atom. The first-order chi connectivity index (χ1) is 9.73. The third kappa shape index (κ3) is 6.80. The minimum absolute atomic E-state index is 0.0460. The fraction of sp³-hybridized carbons (Fsp3) is 0.889. The first-order valence-corrected chi connectivity index (χ1v) is 8.12. The molecule has 0 aromatic heterocycles. The lowest BCUT2D eigenvalue weighted by atomic mass is 9.64. The van der Waals surface area contributed by atoms with Gasteiger partial charge in [0, 0.05) is 0 Å². The zero-order valence-corrected chi connectivity index (χ0v) is 15.6. The van der Waals surface area contributed by atoms with Crippen LogP contribution in [0.25, 0.3) is 0 Å². The summed E-state index contributed by atoms with van der Waals surface area (Å²) in [4.78, 5) is 24.3. The van der Waals surface area contributed by atoms with Crippen molar-refractivity contribution in [2.45, 2.75) is 74.7 Å². The van der Waals surface area contributed by atoms with E-state index in [4.69, 9.17) is 4.74 Å². The summed E-state index contributed by atoms with van der Waals surface area (Å²) in [5.74, 6) is -1.36. The van der Waals surface area contributed by atoms with E-state index in [2.05, 4.69) is 0 Å². The molecule has 2 atom stereocenters. The van der Waals surface area contributed by atoms with E-state index in [1.807, 2.05) is 55.4 Å². The fourth-order valence-corrected chi connectivity index (χ4v) is 2.79. The smallest absolute Gasteiger partial charge is 0.312 e. The first kappa shape index (κ1) is 20.9. The van der Waals surface area contributed by atoms with Gasteiger partial charge in [-0.1, -0.05) is 61.8 Å². The molecule has 2 unspecified atom stereocenters. The highest BCUT2D eigenvalue weighted by Gasteiger charge is 2.48. The number of carboxylic acid groups (broad SMARTS) is 1. The van der Waals surface area contributed by atoms with Gasteiger partial charge in [-0.05, 0) is 23.2 Å². The molecular weight excluding hydrogens is 280 g/mol. The van der Waals surface area contributed by atoms with E-state index >= 15 is 0 Å². The van der Waals surface area contributed by atoms with Gasteiger partial charge in [0.25, 0.3) is 0 Å². The lowest BCUT2D eigenvalue weighted by Crippen LogP contribution is -2.44. The van der Waals surface area contributed by atoms with E-state index in [1.165, 1.54) is 0 Å². The Morgan fingerprint density at radius 2 is 1.55 bits per heavy atom. The molecule has 0 spiro atoms. The summed E-state index contributed by atoms with van der Waals surface area (Å²) in [6.07, 6.45) is 1.07. The molecule has 0 saturated heterocycles. The second kappa shape index (κ2) is 7.47. The van der Waals surface area contributed by atoms with E-state index in [1.54, 1.807) is 0 Å². The highest BCUT2D eigenvalue weighted by Crippen LogP contribution is 2.45. The highest BCUT2D eigenvalue weighted by atomic mass is 16.5. The van der Waals surface area contributed by atoms with Crippen LogP contribution in [-0.4, -0.2) is 23.7 Å². The Hall–Kier alpha value is -1.06. The van der Waals surface area contributed by atoms with Crippen LogP contribution in [0.2, 0.25) is 0 Å². The SMILES string of the molecule is CCC(C)C(CC(=O)O)(CC(C)(C)C)C(=O)OCC(C)(C)C. The summed E-state index contributed by atoms with van der Waals surface area (Å²) in [6.45, 7) is 16.3. The summed E-state index contributed by atoms with van der Waals surface area (Å²) in [5.41, 5.74) is -1.26. The van der Waals surface area contributed by atoms with Crippen molar-refractivity contribution < 1.29 is 19.4 Å². The molecule has 0 radical (unpaired) electrons. The molecule has 0 saturated carbocycles. The molecule has 0 aromatic carbocycles. The zero-order valence-electron chi connectivity index (χ0n) is 15.6. The molecule has 0 aliphatic rings. The highest BCUT2D eigenvalue weighted by molar-refractivity contribution is 5.83. The van der Waals surface area contributed by atoms with Gasteiger partial charge in [0.2, 0.25) is 0 Å². The van der Waals surface area contributed by atoms with E-state index in [9.17, 15) is 14.7 Å². The Labute approximate surface area is 135 Å². The molecule has 1 N–H and O–H groups in total. The molecule has 22 heavy (non-hydrogen) atoms. The van der Waals surface area contributed by atoms with Gasteiger partial charge in [0.05, 0.1) is 18.4 Å². The molecule has 130 valence electrons. The molecule has 0 amide bonds. The molecule has 0 aromatic rings. The summed E-state index contributed by atoms with van der Waals surface area (Å²) >= 11 is 0. The first-order valence-electron chi connectivity index (χ1n) is 8.12. The topological polar surface area (TPSA) is 63.6 Å². The number of hydrogen-bond donors (Lipinski definition) is 1. The van der Waals surface area contributed by atoms with Crippen LogP contribution in [0, 0.1) is 22.2 Å². The summed E-state index contributed by atoms with van der Waals surface area (Å²) < 4.78 is 5.54. The minimum Gasteiger partial charge on any atom is -0.481 e. The Kier molecular flexibility index (Phi) is 7.11. The monoisotopic (exact) mass is 314 g/mol. The van der Waals surface area contributed by atoms with Crippen molar-refractivity contribution in [2.75, 3.05) is 6.61 Å². The number of ether oxygens (including phenoxy) is 1. The van der Waals surface area contributed by atoms with Crippen LogP contribution in [0.5, 0.6) is 0 Å². The van der Waals surface area contributed by atoms with Gasteiger partial charge in [-0.15, -0.1) is 0 Å². The van der Waals surface area contributed by atoms with Crippen LogP contribution >= 0.6 is 0 Å². The average molecular weight is 314 g/mol. The molecule has 0 heterocycles. The van der Waals surface area contributed by atoms with Crippen molar-refractivity contribution >= 4 is 11.9 Å². The van der Waals surface area contributed by atoms with Gasteiger partial charge in [-0.2, -0.15) is 0 Å². The fourth-order valence-electron chi connectivity index (χ4n) is 2.79. The predicted octanol–water partition coefficient (Wildman–Crippen LogP) is 4.52. The average Bonchev–Trinajstić information content (AvgIpc) is 2.30. The third-order valence-electron chi connectivity index (χ3n) is 3.91. The van der Waals surface area contributed by atoms with E-state index in [-0.39, 0.29) is 29.1 Å². The molecule has 4 heteroatoms. The van der Waals surface area contributed by atoms with Crippen molar-refractivity contribution in [3.05, 3.63) is 0 Å². The van der Waals surface area contributed by atoms with Crippen molar-refractivity contribution in [3.63, 3.8) is 0 Å². The zero-order chi connectivity index (χ0) is 17.8. The Balaban J connectivity index is 5.60. The normalized spacial score (nSPS) is 16.7. The van der Waals surface area contributed by atoms with Crippen molar-refractivity contribution in [1.29, 1.82) is 0 Å². The molecule has 0 bridgehead atoms. The van der Waals surface area contributed by atoms with Gasteiger partial charge in [0.15, 0.2) is 0 Å². The standard InChI is InChI=1S/C18H34O4/c1-9-13(2)18(10-14(19)20,11-16(3,4)5)15(21)22-12-17(6,7)8/h13H,9-12H2,1-8H3,(H,19,20). The largest absolute Gasteiger partial charge is 0.481 e. The van der Waals surface area contributed by atoms with Gasteiger partial charge >= 0.3 is 11.9 Å².